The zero-order valence-corrected chi connectivity index (χ0v) is 11.9. The molecule has 0 unspecified atom stereocenters. The number of hydrogen-bond donors (Lipinski definition) is 0. The first-order chi connectivity index (χ1) is 9.77. The molecule has 0 N–H and O–H groups in total. The average molecular weight is 296 g/mol. The zero-order chi connectivity index (χ0) is 13.9. The van der Waals surface area contributed by atoms with Crippen molar-refractivity contribution in [2.45, 2.75) is 5.75 Å². The minimum absolute atomic E-state index is 0.193. The lowest BCUT2D eigenvalue weighted by atomic mass is 10.1. The highest BCUT2D eigenvalue weighted by atomic mass is 32.2. The molecule has 1 aromatic carbocycles. The van der Waals surface area contributed by atoms with Gasteiger partial charge in [0.1, 0.15) is 11.4 Å². The van der Waals surface area contributed by atoms with Crippen LogP contribution in [0.1, 0.15) is 5.56 Å². The molecule has 0 bridgehead atoms. The van der Waals surface area contributed by atoms with Crippen molar-refractivity contribution in [3.05, 3.63) is 27.8 Å². The van der Waals surface area contributed by atoms with Crippen LogP contribution in [0.5, 0.6) is 5.75 Å². The third kappa shape index (κ3) is 2.55. The fourth-order valence-corrected chi connectivity index (χ4v) is 3.36. The monoisotopic (exact) mass is 296 g/mol. The molecule has 7 heteroatoms. The van der Waals surface area contributed by atoms with Gasteiger partial charge in [0.25, 0.3) is 5.69 Å². The van der Waals surface area contributed by atoms with Gasteiger partial charge in [-0.05, 0) is 12.1 Å². The number of nitro groups is 1. The van der Waals surface area contributed by atoms with Gasteiger partial charge in [-0.15, -0.1) is 0 Å². The van der Waals surface area contributed by atoms with Crippen LogP contribution in [-0.4, -0.2) is 43.6 Å². The number of nitro benzene ring substituents is 1. The third-order valence-electron chi connectivity index (χ3n) is 3.48. The molecule has 3 rings (SSSR count). The van der Waals surface area contributed by atoms with Crippen molar-refractivity contribution in [2.24, 2.45) is 0 Å². The summed E-state index contributed by atoms with van der Waals surface area (Å²) in [7, 11) is 0. The molecule has 2 heterocycles. The van der Waals surface area contributed by atoms with Crippen LogP contribution in [-0.2, 0) is 10.5 Å². The lowest BCUT2D eigenvalue weighted by Gasteiger charge is -2.29. The number of nitrogens with zero attached hydrogens (tertiary/aromatic N) is 2. The lowest BCUT2D eigenvalue weighted by Crippen LogP contribution is -2.36. The van der Waals surface area contributed by atoms with Gasteiger partial charge in [0.15, 0.2) is 0 Å². The van der Waals surface area contributed by atoms with E-state index in [1.165, 1.54) is 0 Å². The molecule has 0 saturated carbocycles. The Bertz CT molecular complexity index is 517. The molecule has 0 aromatic heterocycles. The molecule has 2 aliphatic heterocycles. The Labute approximate surface area is 121 Å². The molecule has 6 nitrogen and oxygen atoms in total. The summed E-state index contributed by atoms with van der Waals surface area (Å²) in [4.78, 5) is 13.3. The van der Waals surface area contributed by atoms with Crippen LogP contribution in [0.2, 0.25) is 0 Å². The Kier molecular flexibility index (Phi) is 3.98. The molecule has 1 saturated heterocycles. The predicted molar refractivity (Wildman–Crippen MR) is 77.8 cm³/mol. The Morgan fingerprint density at radius 2 is 2.05 bits per heavy atom. The van der Waals surface area contributed by atoms with Crippen LogP contribution in [0.15, 0.2) is 12.1 Å². The normalized spacial score (nSPS) is 18.9. The second-order valence-corrected chi connectivity index (χ2v) is 5.77. The van der Waals surface area contributed by atoms with Crippen molar-refractivity contribution in [3.8, 4) is 5.75 Å². The zero-order valence-electron chi connectivity index (χ0n) is 11.0. The van der Waals surface area contributed by atoms with E-state index >= 15 is 0 Å². The molecular weight excluding hydrogens is 280 g/mol. The topological polar surface area (TPSA) is 64.8 Å². The highest BCUT2D eigenvalue weighted by molar-refractivity contribution is 7.98. The molecule has 108 valence electrons. The maximum Gasteiger partial charge on any atom is 0.300 e. The SMILES string of the molecule is O=[N+]([O-])c1c(N2CCOCC2)ccc2c1CSCCO2. The molecular formula is C13H16N2O4S. The van der Waals surface area contributed by atoms with E-state index in [9.17, 15) is 10.1 Å². The first-order valence-electron chi connectivity index (χ1n) is 6.61. The molecule has 0 aliphatic carbocycles. The average Bonchev–Trinajstić information content (AvgIpc) is 2.72. The van der Waals surface area contributed by atoms with Crippen LogP contribution in [0.3, 0.4) is 0 Å². The Morgan fingerprint density at radius 3 is 2.80 bits per heavy atom. The molecule has 1 fully saturated rings. The van der Waals surface area contributed by atoms with Gasteiger partial charge in [-0.25, -0.2) is 0 Å². The van der Waals surface area contributed by atoms with Gasteiger partial charge in [0.05, 0.1) is 30.3 Å². The molecule has 2 aliphatic rings. The summed E-state index contributed by atoms with van der Waals surface area (Å²) in [6.45, 7) is 3.20. The van der Waals surface area contributed by atoms with Crippen LogP contribution in [0, 0.1) is 10.1 Å². The van der Waals surface area contributed by atoms with Crippen molar-refractivity contribution in [1.29, 1.82) is 0 Å². The molecule has 0 amide bonds. The van der Waals surface area contributed by atoms with Crippen LogP contribution in [0.4, 0.5) is 11.4 Å². The van der Waals surface area contributed by atoms with E-state index in [1.807, 2.05) is 11.0 Å². The van der Waals surface area contributed by atoms with Gasteiger partial charge in [-0.2, -0.15) is 11.8 Å². The number of ether oxygens (including phenoxy) is 2. The van der Waals surface area contributed by atoms with Gasteiger partial charge in [0.2, 0.25) is 0 Å². The summed E-state index contributed by atoms with van der Waals surface area (Å²) in [6, 6.07) is 3.66. The Morgan fingerprint density at radius 1 is 1.25 bits per heavy atom. The smallest absolute Gasteiger partial charge is 0.300 e. The second-order valence-electron chi connectivity index (χ2n) is 4.67. The minimum atomic E-state index is -0.279. The van der Waals surface area contributed by atoms with Crippen LogP contribution in [0.25, 0.3) is 0 Å². The van der Waals surface area contributed by atoms with E-state index in [2.05, 4.69) is 0 Å². The summed E-state index contributed by atoms with van der Waals surface area (Å²) >= 11 is 1.67. The van der Waals surface area contributed by atoms with E-state index in [-0.39, 0.29) is 10.6 Å². The van der Waals surface area contributed by atoms with Crippen LogP contribution >= 0.6 is 11.8 Å². The van der Waals surface area contributed by atoms with E-state index < -0.39 is 0 Å². The van der Waals surface area contributed by atoms with E-state index in [4.69, 9.17) is 9.47 Å². The number of morpholine rings is 1. The van der Waals surface area contributed by atoms with E-state index in [0.29, 0.717) is 55.7 Å². The molecule has 0 spiro atoms. The van der Waals surface area contributed by atoms with Crippen LogP contribution < -0.4 is 9.64 Å². The highest BCUT2D eigenvalue weighted by Crippen LogP contribution is 2.41. The van der Waals surface area contributed by atoms with Crippen molar-refractivity contribution in [1.82, 2.24) is 0 Å². The molecule has 20 heavy (non-hydrogen) atoms. The standard InChI is InChI=1S/C13H16N2O4S/c16-15(17)13-10-9-20-8-7-19-12(10)2-1-11(13)14-3-5-18-6-4-14/h1-2H,3-9H2. The molecule has 0 radical (unpaired) electrons. The Hall–Kier alpha value is -1.47. The predicted octanol–water partition coefficient (Wildman–Crippen LogP) is 2.06. The number of anilines is 1. The number of hydrogen-bond acceptors (Lipinski definition) is 6. The van der Waals surface area contributed by atoms with Gasteiger partial charge in [0, 0.05) is 24.6 Å². The van der Waals surface area contributed by atoms with Gasteiger partial charge >= 0.3 is 0 Å². The van der Waals surface area contributed by atoms with Gasteiger partial charge in [-0.3, -0.25) is 10.1 Å². The molecule has 0 atom stereocenters. The third-order valence-corrected chi connectivity index (χ3v) is 4.43. The Balaban J connectivity index is 2.05. The first kappa shape index (κ1) is 13.5. The summed E-state index contributed by atoms with van der Waals surface area (Å²) in [6.07, 6.45) is 0. The van der Waals surface area contributed by atoms with Crippen molar-refractivity contribution in [3.63, 3.8) is 0 Å². The fraction of sp³-hybridized carbons (Fsp3) is 0.538. The van der Waals surface area contributed by atoms with Crippen molar-refractivity contribution in [2.75, 3.05) is 43.6 Å². The number of fused-ring (bicyclic) bond motifs is 1. The summed E-state index contributed by atoms with van der Waals surface area (Å²) in [5.74, 6) is 2.14. The second kappa shape index (κ2) is 5.88. The lowest BCUT2D eigenvalue weighted by molar-refractivity contribution is -0.384. The van der Waals surface area contributed by atoms with Crippen molar-refractivity contribution < 1.29 is 14.4 Å². The number of benzene rings is 1. The summed E-state index contributed by atoms with van der Waals surface area (Å²) in [5.41, 5.74) is 1.59. The van der Waals surface area contributed by atoms with Gasteiger partial charge < -0.3 is 14.4 Å². The summed E-state index contributed by atoms with van der Waals surface area (Å²) in [5, 5.41) is 11.5. The maximum absolute atomic E-state index is 11.5. The minimum Gasteiger partial charge on any atom is -0.492 e. The fourth-order valence-electron chi connectivity index (χ4n) is 2.53. The maximum atomic E-state index is 11.5. The largest absolute Gasteiger partial charge is 0.492 e. The number of thioether (sulfide) groups is 1. The molecule has 1 aromatic rings. The van der Waals surface area contributed by atoms with Crippen molar-refractivity contribution >= 4 is 23.1 Å². The quantitative estimate of drug-likeness (QED) is 0.615. The van der Waals surface area contributed by atoms with E-state index in [0.717, 1.165) is 5.75 Å². The first-order valence-corrected chi connectivity index (χ1v) is 7.76. The van der Waals surface area contributed by atoms with Gasteiger partial charge in [-0.1, -0.05) is 0 Å². The highest BCUT2D eigenvalue weighted by Gasteiger charge is 2.28. The van der Waals surface area contributed by atoms with E-state index in [1.54, 1.807) is 17.8 Å². The summed E-state index contributed by atoms with van der Waals surface area (Å²) < 4.78 is 10.9. The number of rotatable bonds is 2.